The summed E-state index contributed by atoms with van der Waals surface area (Å²) in [5, 5.41) is 2.43. The summed E-state index contributed by atoms with van der Waals surface area (Å²) in [5.74, 6) is -0.564. The molecule has 1 heterocycles. The molecule has 1 amide bonds. The highest BCUT2D eigenvalue weighted by atomic mass is 19.1. The monoisotopic (exact) mass is 151 g/mol. The highest BCUT2D eigenvalue weighted by molar-refractivity contribution is 6.01. The standard InChI is InChI=1S/C8H6FNO/c9-7-5-3-1-2-4-6(5)10-8(7)11/h1-4,7H,(H,10,11). The first-order valence-electron chi connectivity index (χ1n) is 3.33. The van der Waals surface area contributed by atoms with E-state index in [1.165, 1.54) is 0 Å². The van der Waals surface area contributed by atoms with Crippen LogP contribution >= 0.6 is 0 Å². The number of hydrogen-bond acceptors (Lipinski definition) is 1. The molecular formula is C8H6FNO. The molecule has 0 aromatic heterocycles. The van der Waals surface area contributed by atoms with Crippen LogP contribution in [0.25, 0.3) is 0 Å². The van der Waals surface area contributed by atoms with Crippen molar-refractivity contribution >= 4 is 11.6 Å². The number of fused-ring (bicyclic) bond motifs is 1. The van der Waals surface area contributed by atoms with Crippen molar-refractivity contribution in [2.24, 2.45) is 0 Å². The minimum Gasteiger partial charge on any atom is -0.323 e. The Balaban J connectivity index is 2.55. The minimum absolute atomic E-state index is 0.442. The van der Waals surface area contributed by atoms with Crippen LogP contribution in [0.5, 0.6) is 0 Å². The third-order valence-electron chi connectivity index (χ3n) is 1.72. The summed E-state index contributed by atoms with van der Waals surface area (Å²) in [5.41, 5.74) is 1.03. The van der Waals surface area contributed by atoms with E-state index >= 15 is 0 Å². The molecule has 56 valence electrons. The third-order valence-corrected chi connectivity index (χ3v) is 1.72. The molecule has 0 saturated heterocycles. The number of nitrogens with one attached hydrogen (secondary N) is 1. The summed E-state index contributed by atoms with van der Waals surface area (Å²) in [4.78, 5) is 10.7. The van der Waals surface area contributed by atoms with Gasteiger partial charge in [-0.15, -0.1) is 0 Å². The molecule has 1 aromatic carbocycles. The van der Waals surface area contributed by atoms with Crippen LogP contribution in [-0.4, -0.2) is 5.91 Å². The Bertz CT molecular complexity index is 311. The summed E-state index contributed by atoms with van der Waals surface area (Å²) < 4.78 is 12.9. The van der Waals surface area contributed by atoms with Crippen molar-refractivity contribution < 1.29 is 9.18 Å². The topological polar surface area (TPSA) is 29.1 Å². The zero-order valence-electron chi connectivity index (χ0n) is 5.67. The molecule has 0 saturated carbocycles. The van der Waals surface area contributed by atoms with Crippen molar-refractivity contribution in [3.05, 3.63) is 29.8 Å². The van der Waals surface area contributed by atoms with Gasteiger partial charge in [-0.05, 0) is 6.07 Å². The highest BCUT2D eigenvalue weighted by Gasteiger charge is 2.29. The zero-order chi connectivity index (χ0) is 7.84. The Morgan fingerprint density at radius 1 is 1.36 bits per heavy atom. The van der Waals surface area contributed by atoms with Crippen molar-refractivity contribution in [2.75, 3.05) is 5.32 Å². The van der Waals surface area contributed by atoms with Crippen LogP contribution in [-0.2, 0) is 4.79 Å². The van der Waals surface area contributed by atoms with Gasteiger partial charge in [-0.2, -0.15) is 0 Å². The maximum Gasteiger partial charge on any atom is 0.263 e. The summed E-state index contributed by atoms with van der Waals surface area (Å²) in [7, 11) is 0. The molecule has 0 aliphatic carbocycles. The van der Waals surface area contributed by atoms with Crippen molar-refractivity contribution in [1.82, 2.24) is 0 Å². The number of benzene rings is 1. The first-order valence-corrected chi connectivity index (χ1v) is 3.33. The molecule has 1 atom stereocenters. The summed E-state index contributed by atoms with van der Waals surface area (Å²) >= 11 is 0. The first-order chi connectivity index (χ1) is 5.29. The Labute approximate surface area is 63.0 Å². The van der Waals surface area contributed by atoms with Gasteiger partial charge in [-0.1, -0.05) is 18.2 Å². The Kier molecular flexibility index (Phi) is 1.18. The molecule has 1 unspecified atom stereocenters. The molecule has 11 heavy (non-hydrogen) atoms. The van der Waals surface area contributed by atoms with E-state index in [9.17, 15) is 9.18 Å². The van der Waals surface area contributed by atoms with Crippen LogP contribution in [0.15, 0.2) is 24.3 Å². The van der Waals surface area contributed by atoms with Crippen molar-refractivity contribution in [3.63, 3.8) is 0 Å². The van der Waals surface area contributed by atoms with E-state index in [0.717, 1.165) is 0 Å². The van der Waals surface area contributed by atoms with Crippen LogP contribution in [0.1, 0.15) is 11.7 Å². The van der Waals surface area contributed by atoms with Gasteiger partial charge in [0.1, 0.15) is 0 Å². The summed E-state index contributed by atoms with van der Waals surface area (Å²) in [6.45, 7) is 0. The average Bonchev–Trinajstić information content (AvgIpc) is 2.30. The molecule has 1 aliphatic rings. The number of carbonyl (C=O) groups is 1. The molecule has 0 radical (unpaired) electrons. The van der Waals surface area contributed by atoms with Crippen LogP contribution in [0, 0.1) is 0 Å². The van der Waals surface area contributed by atoms with E-state index in [2.05, 4.69) is 5.32 Å². The maximum atomic E-state index is 12.9. The number of hydrogen-bond donors (Lipinski definition) is 1. The number of anilines is 1. The molecule has 0 bridgehead atoms. The third kappa shape index (κ3) is 0.808. The lowest BCUT2D eigenvalue weighted by molar-refractivity contribution is -0.120. The molecule has 1 N–H and O–H groups in total. The van der Waals surface area contributed by atoms with Gasteiger partial charge in [-0.25, -0.2) is 4.39 Å². The van der Waals surface area contributed by atoms with Crippen LogP contribution in [0.4, 0.5) is 10.1 Å². The zero-order valence-corrected chi connectivity index (χ0v) is 5.67. The second kappa shape index (κ2) is 2.05. The smallest absolute Gasteiger partial charge is 0.263 e. The fourth-order valence-corrected chi connectivity index (χ4v) is 1.17. The largest absolute Gasteiger partial charge is 0.323 e. The number of amides is 1. The molecule has 1 aliphatic heterocycles. The number of para-hydroxylation sites is 1. The second-order valence-electron chi connectivity index (χ2n) is 2.44. The quantitative estimate of drug-likeness (QED) is 0.600. The van der Waals surface area contributed by atoms with Gasteiger partial charge in [0, 0.05) is 11.3 Å². The van der Waals surface area contributed by atoms with Crippen molar-refractivity contribution in [1.29, 1.82) is 0 Å². The summed E-state index contributed by atoms with van der Waals surface area (Å²) in [6, 6.07) is 6.77. The van der Waals surface area contributed by atoms with Gasteiger partial charge in [0.15, 0.2) is 0 Å². The molecule has 2 rings (SSSR count). The maximum absolute atomic E-state index is 12.9. The molecule has 0 fully saturated rings. The van der Waals surface area contributed by atoms with E-state index in [-0.39, 0.29) is 0 Å². The van der Waals surface area contributed by atoms with Gasteiger partial charge >= 0.3 is 0 Å². The van der Waals surface area contributed by atoms with Crippen molar-refractivity contribution in [2.45, 2.75) is 6.17 Å². The van der Waals surface area contributed by atoms with Gasteiger partial charge in [0.05, 0.1) is 0 Å². The lowest BCUT2D eigenvalue weighted by Gasteiger charge is -1.94. The van der Waals surface area contributed by atoms with E-state index in [4.69, 9.17) is 0 Å². The second-order valence-corrected chi connectivity index (χ2v) is 2.44. The Hall–Kier alpha value is -1.38. The molecule has 3 heteroatoms. The first kappa shape index (κ1) is 6.34. The molecule has 1 aromatic rings. The van der Waals surface area contributed by atoms with Gasteiger partial charge in [-0.3, -0.25) is 4.79 Å². The molecular weight excluding hydrogens is 145 g/mol. The van der Waals surface area contributed by atoms with E-state index in [1.807, 2.05) is 0 Å². The fourth-order valence-electron chi connectivity index (χ4n) is 1.17. The van der Waals surface area contributed by atoms with Gasteiger partial charge < -0.3 is 5.32 Å². The van der Waals surface area contributed by atoms with E-state index in [1.54, 1.807) is 24.3 Å². The predicted molar refractivity (Wildman–Crippen MR) is 38.9 cm³/mol. The van der Waals surface area contributed by atoms with Crippen LogP contribution in [0.3, 0.4) is 0 Å². The molecule has 2 nitrogen and oxygen atoms in total. The lowest BCUT2D eigenvalue weighted by Crippen LogP contribution is -2.07. The van der Waals surface area contributed by atoms with Crippen LogP contribution in [0.2, 0.25) is 0 Å². The van der Waals surface area contributed by atoms with Gasteiger partial charge in [0.25, 0.3) is 5.91 Å². The van der Waals surface area contributed by atoms with E-state index < -0.39 is 12.1 Å². The predicted octanol–water partition coefficient (Wildman–Crippen LogP) is 1.65. The van der Waals surface area contributed by atoms with E-state index in [0.29, 0.717) is 11.3 Å². The number of rotatable bonds is 0. The molecule has 0 spiro atoms. The SMILES string of the molecule is O=C1Nc2ccccc2C1F. The average molecular weight is 151 g/mol. The normalized spacial score (nSPS) is 21.2. The number of halogens is 1. The Morgan fingerprint density at radius 2 is 2.09 bits per heavy atom. The number of alkyl halides is 1. The van der Waals surface area contributed by atoms with Crippen LogP contribution < -0.4 is 5.32 Å². The highest BCUT2D eigenvalue weighted by Crippen LogP contribution is 2.32. The van der Waals surface area contributed by atoms with Gasteiger partial charge in [0.2, 0.25) is 6.17 Å². The fraction of sp³-hybridized carbons (Fsp3) is 0.125. The Morgan fingerprint density at radius 3 is 2.82 bits per heavy atom. The summed E-state index contributed by atoms with van der Waals surface area (Å²) in [6.07, 6.45) is -1.48. The number of carbonyl (C=O) groups excluding carboxylic acids is 1. The minimum atomic E-state index is -1.48. The van der Waals surface area contributed by atoms with Crippen molar-refractivity contribution in [3.8, 4) is 0 Å². The lowest BCUT2D eigenvalue weighted by atomic mass is 10.1.